The van der Waals surface area contributed by atoms with Crippen molar-refractivity contribution in [3.8, 4) is 11.8 Å². The highest BCUT2D eigenvalue weighted by atomic mass is 79.9. The van der Waals surface area contributed by atoms with Gasteiger partial charge in [-0.05, 0) is 40.9 Å². The second-order valence-electron chi connectivity index (χ2n) is 3.39. The number of unbranched alkanes of at least 4 members (excludes halogenated alkanes) is 2. The number of aromatic carboxylic acids is 1. The number of carbonyl (C=O) groups is 1. The molecule has 0 heterocycles. The van der Waals surface area contributed by atoms with E-state index in [0.717, 1.165) is 12.8 Å². The Bertz CT molecular complexity index is 440. The highest BCUT2D eigenvalue weighted by Gasteiger charge is 2.13. The van der Waals surface area contributed by atoms with Crippen LogP contribution in [-0.2, 0) is 0 Å². The zero-order valence-corrected chi connectivity index (χ0v) is 10.7. The number of hydrogen-bond donors (Lipinski definition) is 1. The number of nitriles is 1. The summed E-state index contributed by atoms with van der Waals surface area (Å²) in [6.45, 7) is 0.407. The van der Waals surface area contributed by atoms with Crippen LogP contribution in [0.15, 0.2) is 22.7 Å². The standard InChI is InChI=1S/C12H12BrNO3/c13-10-6-4-5-9(12(15)16)11(10)17-8-3-1-2-7-14/h4-6H,1-3,8H2,(H,15,16). The third kappa shape index (κ3) is 4.08. The van der Waals surface area contributed by atoms with Crippen LogP contribution in [0.3, 0.4) is 0 Å². The quantitative estimate of drug-likeness (QED) is 0.819. The molecule has 0 amide bonds. The van der Waals surface area contributed by atoms with Gasteiger partial charge in [-0.2, -0.15) is 5.26 Å². The minimum absolute atomic E-state index is 0.139. The van der Waals surface area contributed by atoms with Gasteiger partial charge in [0.1, 0.15) is 11.3 Å². The second-order valence-corrected chi connectivity index (χ2v) is 4.24. The van der Waals surface area contributed by atoms with Gasteiger partial charge in [-0.1, -0.05) is 6.07 Å². The van der Waals surface area contributed by atoms with Crippen LogP contribution in [0.2, 0.25) is 0 Å². The van der Waals surface area contributed by atoms with E-state index in [4.69, 9.17) is 15.1 Å². The smallest absolute Gasteiger partial charge is 0.339 e. The van der Waals surface area contributed by atoms with E-state index in [1.165, 1.54) is 6.07 Å². The number of carboxylic acid groups (broad SMARTS) is 1. The van der Waals surface area contributed by atoms with E-state index in [1.54, 1.807) is 12.1 Å². The van der Waals surface area contributed by atoms with E-state index in [1.807, 2.05) is 6.07 Å². The molecule has 17 heavy (non-hydrogen) atoms. The molecule has 0 aliphatic carbocycles. The molecule has 0 atom stereocenters. The van der Waals surface area contributed by atoms with Crippen LogP contribution in [0.4, 0.5) is 0 Å². The number of hydrogen-bond acceptors (Lipinski definition) is 3. The lowest BCUT2D eigenvalue weighted by molar-refractivity contribution is 0.0692. The van der Waals surface area contributed by atoms with Gasteiger partial charge >= 0.3 is 5.97 Å². The highest BCUT2D eigenvalue weighted by Crippen LogP contribution is 2.29. The molecule has 0 unspecified atom stereocenters. The molecule has 1 aromatic rings. The summed E-state index contributed by atoms with van der Waals surface area (Å²) in [4.78, 5) is 11.0. The fraction of sp³-hybridized carbons (Fsp3) is 0.333. The van der Waals surface area contributed by atoms with Crippen molar-refractivity contribution in [1.29, 1.82) is 5.26 Å². The van der Waals surface area contributed by atoms with Crippen LogP contribution in [0.5, 0.6) is 5.75 Å². The summed E-state index contributed by atoms with van der Waals surface area (Å²) in [6, 6.07) is 6.93. The molecule has 0 aliphatic heterocycles. The first-order valence-corrected chi connectivity index (χ1v) is 5.97. The monoisotopic (exact) mass is 297 g/mol. The van der Waals surface area contributed by atoms with Gasteiger partial charge in [0.15, 0.2) is 0 Å². The maximum atomic E-state index is 11.0. The third-order valence-electron chi connectivity index (χ3n) is 2.13. The van der Waals surface area contributed by atoms with Crippen molar-refractivity contribution >= 4 is 21.9 Å². The average Bonchev–Trinajstić information content (AvgIpc) is 2.30. The first-order chi connectivity index (χ1) is 8.16. The predicted octanol–water partition coefficient (Wildman–Crippen LogP) is 3.22. The Morgan fingerprint density at radius 1 is 1.47 bits per heavy atom. The van der Waals surface area contributed by atoms with Gasteiger partial charge < -0.3 is 9.84 Å². The molecule has 1 N–H and O–H groups in total. The number of carboxylic acids is 1. The van der Waals surface area contributed by atoms with Gasteiger partial charge in [-0.25, -0.2) is 4.79 Å². The molecule has 0 aliphatic rings. The molecule has 0 fully saturated rings. The molecule has 0 spiro atoms. The molecule has 0 saturated heterocycles. The lowest BCUT2D eigenvalue weighted by Gasteiger charge is -2.10. The lowest BCUT2D eigenvalue weighted by atomic mass is 10.2. The molecule has 1 aromatic carbocycles. The zero-order valence-electron chi connectivity index (χ0n) is 9.15. The van der Waals surface area contributed by atoms with Crippen LogP contribution >= 0.6 is 15.9 Å². The minimum atomic E-state index is -1.02. The van der Waals surface area contributed by atoms with Crippen molar-refractivity contribution in [2.45, 2.75) is 19.3 Å². The van der Waals surface area contributed by atoms with Gasteiger partial charge in [0.2, 0.25) is 0 Å². The van der Waals surface area contributed by atoms with E-state index in [-0.39, 0.29) is 5.56 Å². The fourth-order valence-corrected chi connectivity index (χ4v) is 1.78. The van der Waals surface area contributed by atoms with Crippen molar-refractivity contribution in [2.24, 2.45) is 0 Å². The fourth-order valence-electron chi connectivity index (χ4n) is 1.30. The molecule has 5 heteroatoms. The Morgan fingerprint density at radius 3 is 2.88 bits per heavy atom. The lowest BCUT2D eigenvalue weighted by Crippen LogP contribution is -2.05. The normalized spacial score (nSPS) is 9.65. The van der Waals surface area contributed by atoms with E-state index in [2.05, 4.69) is 15.9 Å². The predicted molar refractivity (Wildman–Crippen MR) is 66.1 cm³/mol. The number of para-hydroxylation sites is 1. The van der Waals surface area contributed by atoms with Gasteiger partial charge in [0, 0.05) is 6.42 Å². The second kappa shape index (κ2) is 6.92. The molecule has 0 bridgehead atoms. The molecule has 1 rings (SSSR count). The first-order valence-electron chi connectivity index (χ1n) is 5.18. The summed E-state index contributed by atoms with van der Waals surface area (Å²) in [5.41, 5.74) is 0.139. The topological polar surface area (TPSA) is 70.3 Å². The summed E-state index contributed by atoms with van der Waals surface area (Å²) >= 11 is 3.26. The summed E-state index contributed by atoms with van der Waals surface area (Å²) in [7, 11) is 0. The Morgan fingerprint density at radius 2 is 2.24 bits per heavy atom. The van der Waals surface area contributed by atoms with Crippen molar-refractivity contribution < 1.29 is 14.6 Å². The number of benzene rings is 1. The molecule has 90 valence electrons. The Kier molecular flexibility index (Phi) is 5.50. The Labute approximate surface area is 108 Å². The van der Waals surface area contributed by atoms with Crippen LogP contribution in [0.25, 0.3) is 0 Å². The highest BCUT2D eigenvalue weighted by molar-refractivity contribution is 9.10. The molecule has 0 saturated carbocycles. The third-order valence-corrected chi connectivity index (χ3v) is 2.75. The van der Waals surface area contributed by atoms with E-state index < -0.39 is 5.97 Å². The van der Waals surface area contributed by atoms with E-state index in [9.17, 15) is 4.79 Å². The van der Waals surface area contributed by atoms with Gasteiger partial charge in [0.05, 0.1) is 17.1 Å². The molecule has 4 nitrogen and oxygen atoms in total. The SMILES string of the molecule is N#CCCCCOc1c(Br)cccc1C(=O)O. The molecule has 0 radical (unpaired) electrons. The average molecular weight is 298 g/mol. The molecular weight excluding hydrogens is 286 g/mol. The maximum absolute atomic E-state index is 11.0. The van der Waals surface area contributed by atoms with Crippen LogP contribution in [0, 0.1) is 11.3 Å². The van der Waals surface area contributed by atoms with E-state index >= 15 is 0 Å². The number of rotatable bonds is 6. The number of halogens is 1. The summed E-state index contributed by atoms with van der Waals surface area (Å²) in [5.74, 6) is -0.671. The maximum Gasteiger partial charge on any atom is 0.339 e. The molecule has 0 aromatic heterocycles. The number of nitrogens with zero attached hydrogens (tertiary/aromatic N) is 1. The van der Waals surface area contributed by atoms with Crippen LogP contribution in [0.1, 0.15) is 29.6 Å². The van der Waals surface area contributed by atoms with Crippen molar-refractivity contribution in [2.75, 3.05) is 6.61 Å². The van der Waals surface area contributed by atoms with E-state index in [0.29, 0.717) is 23.2 Å². The summed E-state index contributed by atoms with van der Waals surface area (Å²) in [6.07, 6.45) is 1.97. The van der Waals surface area contributed by atoms with Crippen LogP contribution < -0.4 is 4.74 Å². The Balaban J connectivity index is 2.63. The van der Waals surface area contributed by atoms with Crippen LogP contribution in [-0.4, -0.2) is 17.7 Å². The zero-order chi connectivity index (χ0) is 12.7. The van der Waals surface area contributed by atoms with Gasteiger partial charge in [0.25, 0.3) is 0 Å². The summed E-state index contributed by atoms with van der Waals surface area (Å²) in [5, 5.41) is 17.4. The number of ether oxygens (including phenoxy) is 1. The van der Waals surface area contributed by atoms with Gasteiger partial charge in [-0.15, -0.1) is 0 Å². The van der Waals surface area contributed by atoms with Crippen molar-refractivity contribution in [3.63, 3.8) is 0 Å². The summed E-state index contributed by atoms with van der Waals surface area (Å²) < 4.78 is 6.06. The largest absolute Gasteiger partial charge is 0.491 e. The van der Waals surface area contributed by atoms with Crippen molar-refractivity contribution in [3.05, 3.63) is 28.2 Å². The Hall–Kier alpha value is -1.54. The molecular formula is C12H12BrNO3. The van der Waals surface area contributed by atoms with Crippen molar-refractivity contribution in [1.82, 2.24) is 0 Å². The first kappa shape index (κ1) is 13.5. The van der Waals surface area contributed by atoms with Gasteiger partial charge in [-0.3, -0.25) is 0 Å². The minimum Gasteiger partial charge on any atom is -0.491 e.